The highest BCUT2D eigenvalue weighted by atomic mass is 35.5. The Balaban J connectivity index is 0.00000225. The van der Waals surface area contributed by atoms with Gasteiger partial charge in [-0.05, 0) is 38.9 Å². The number of amides is 1. The molecule has 0 saturated carbocycles. The van der Waals surface area contributed by atoms with Gasteiger partial charge in [-0.1, -0.05) is 30.3 Å². The summed E-state index contributed by atoms with van der Waals surface area (Å²) in [4.78, 5) is 18.0. The lowest BCUT2D eigenvalue weighted by Gasteiger charge is -2.37. The molecule has 0 bridgehead atoms. The van der Waals surface area contributed by atoms with E-state index in [0.717, 1.165) is 42.2 Å². The van der Waals surface area contributed by atoms with Gasteiger partial charge in [-0.25, -0.2) is 4.98 Å². The molecule has 2 aromatic heterocycles. The fourth-order valence-electron chi connectivity index (χ4n) is 3.54. The van der Waals surface area contributed by atoms with Crippen molar-refractivity contribution < 1.29 is 4.79 Å². The van der Waals surface area contributed by atoms with Gasteiger partial charge in [0, 0.05) is 23.3 Å². The fraction of sp³-hybridized carbons (Fsp3) is 0.350. The number of hydrogen-bond acceptors (Lipinski definition) is 5. The average Bonchev–Trinajstić information content (AvgIpc) is 3.41. The number of halogens is 1. The zero-order valence-electron chi connectivity index (χ0n) is 15.7. The number of benzene rings is 1. The molecule has 3 aromatic rings. The Labute approximate surface area is 174 Å². The van der Waals surface area contributed by atoms with Crippen LogP contribution in [0, 0.1) is 0 Å². The van der Waals surface area contributed by atoms with Crippen molar-refractivity contribution >= 4 is 29.7 Å². The topological polar surface area (TPSA) is 71.8 Å². The van der Waals surface area contributed by atoms with Crippen molar-refractivity contribution in [3.63, 3.8) is 0 Å². The largest absolute Gasteiger partial charge is 0.345 e. The highest BCUT2D eigenvalue weighted by molar-refractivity contribution is 7.10. The Morgan fingerprint density at radius 1 is 1.25 bits per heavy atom. The first-order chi connectivity index (χ1) is 13.2. The molecule has 1 atom stereocenters. The Kier molecular flexibility index (Phi) is 6.49. The van der Waals surface area contributed by atoms with Gasteiger partial charge in [0.1, 0.15) is 10.5 Å². The van der Waals surface area contributed by atoms with Crippen LogP contribution in [0.5, 0.6) is 0 Å². The number of thiazole rings is 1. The molecule has 1 aromatic carbocycles. The summed E-state index contributed by atoms with van der Waals surface area (Å²) in [6.45, 7) is 3.59. The molecule has 4 rings (SSSR count). The number of aromatic nitrogens is 3. The first-order valence-electron chi connectivity index (χ1n) is 9.22. The summed E-state index contributed by atoms with van der Waals surface area (Å²) >= 11 is 1.58. The predicted octanol–water partition coefficient (Wildman–Crippen LogP) is 3.38. The van der Waals surface area contributed by atoms with Crippen molar-refractivity contribution in [1.29, 1.82) is 0 Å². The third-order valence-corrected chi connectivity index (χ3v) is 6.13. The van der Waals surface area contributed by atoms with Gasteiger partial charge >= 0.3 is 0 Å². The van der Waals surface area contributed by atoms with Crippen molar-refractivity contribution in [3.8, 4) is 11.3 Å². The molecule has 2 N–H and O–H groups in total. The lowest BCUT2D eigenvalue weighted by Crippen LogP contribution is -2.55. The van der Waals surface area contributed by atoms with Gasteiger partial charge < -0.3 is 10.6 Å². The standard InChI is InChI=1S/C20H23N5OS.ClH/c1-15(18-24-17(14-27-18)16-6-3-2-4-7-16)23-19(26)20(8-11-21-12-9-20)25-13-5-10-22-25;/h2-7,10,13-15,21H,8-9,11-12H2,1H3,(H,23,26);1H. The average molecular weight is 418 g/mol. The molecule has 6 nitrogen and oxygen atoms in total. The number of nitrogens with one attached hydrogen (secondary N) is 2. The van der Waals surface area contributed by atoms with E-state index in [0.29, 0.717) is 0 Å². The van der Waals surface area contributed by atoms with Gasteiger partial charge in [-0.15, -0.1) is 23.7 Å². The van der Waals surface area contributed by atoms with Crippen LogP contribution in [-0.2, 0) is 10.3 Å². The van der Waals surface area contributed by atoms with Crippen LogP contribution >= 0.6 is 23.7 Å². The molecule has 1 aliphatic heterocycles. The lowest BCUT2D eigenvalue weighted by molar-refractivity contribution is -0.132. The molecule has 1 aliphatic rings. The minimum absolute atomic E-state index is 0. The van der Waals surface area contributed by atoms with Gasteiger partial charge in [0.05, 0.1) is 11.7 Å². The zero-order valence-corrected chi connectivity index (χ0v) is 17.3. The third kappa shape index (κ3) is 3.97. The molecule has 148 valence electrons. The first-order valence-corrected chi connectivity index (χ1v) is 10.1. The number of nitrogens with zero attached hydrogens (tertiary/aromatic N) is 3. The molecular formula is C20H24ClN5OS. The van der Waals surface area contributed by atoms with E-state index in [4.69, 9.17) is 4.98 Å². The number of piperidine rings is 1. The molecule has 1 unspecified atom stereocenters. The van der Waals surface area contributed by atoms with Crippen LogP contribution in [0.4, 0.5) is 0 Å². The van der Waals surface area contributed by atoms with Crippen LogP contribution in [0.1, 0.15) is 30.8 Å². The fourth-order valence-corrected chi connectivity index (χ4v) is 4.38. The molecule has 1 saturated heterocycles. The number of hydrogen-bond donors (Lipinski definition) is 2. The molecule has 28 heavy (non-hydrogen) atoms. The van der Waals surface area contributed by atoms with Gasteiger partial charge in [0.2, 0.25) is 5.91 Å². The first kappa shape index (κ1) is 20.5. The maximum Gasteiger partial charge on any atom is 0.248 e. The van der Waals surface area contributed by atoms with Crippen molar-refractivity contribution in [2.75, 3.05) is 13.1 Å². The van der Waals surface area contributed by atoms with Gasteiger partial charge in [-0.2, -0.15) is 5.10 Å². The second kappa shape index (κ2) is 8.86. The summed E-state index contributed by atoms with van der Waals surface area (Å²) in [7, 11) is 0. The van der Waals surface area contributed by atoms with E-state index in [2.05, 4.69) is 15.7 Å². The van der Waals surface area contributed by atoms with E-state index >= 15 is 0 Å². The van der Waals surface area contributed by atoms with Crippen molar-refractivity contribution in [3.05, 3.63) is 59.2 Å². The number of carbonyl (C=O) groups is 1. The maximum absolute atomic E-state index is 13.3. The van der Waals surface area contributed by atoms with Crippen LogP contribution in [0.3, 0.4) is 0 Å². The third-order valence-electron chi connectivity index (χ3n) is 5.11. The summed E-state index contributed by atoms with van der Waals surface area (Å²) in [5.74, 6) is 0.0108. The maximum atomic E-state index is 13.3. The summed E-state index contributed by atoms with van der Waals surface area (Å²) in [6.07, 6.45) is 5.06. The van der Waals surface area contributed by atoms with E-state index in [1.807, 2.05) is 59.6 Å². The van der Waals surface area contributed by atoms with E-state index < -0.39 is 5.54 Å². The molecular weight excluding hydrogens is 394 g/mol. The minimum Gasteiger partial charge on any atom is -0.345 e. The number of rotatable bonds is 5. The highest BCUT2D eigenvalue weighted by Crippen LogP contribution is 2.30. The molecule has 1 fully saturated rings. The molecule has 3 heterocycles. The molecule has 0 aliphatic carbocycles. The predicted molar refractivity (Wildman–Crippen MR) is 114 cm³/mol. The van der Waals surface area contributed by atoms with E-state index in [1.54, 1.807) is 17.5 Å². The zero-order chi connectivity index (χ0) is 18.7. The van der Waals surface area contributed by atoms with Crippen LogP contribution < -0.4 is 10.6 Å². The van der Waals surface area contributed by atoms with E-state index in [1.165, 1.54) is 0 Å². The monoisotopic (exact) mass is 417 g/mol. The summed E-state index contributed by atoms with van der Waals surface area (Å²) in [6, 6.07) is 11.8. The summed E-state index contributed by atoms with van der Waals surface area (Å²) in [5.41, 5.74) is 1.40. The van der Waals surface area contributed by atoms with Gasteiger partial charge in [-0.3, -0.25) is 9.48 Å². The summed E-state index contributed by atoms with van der Waals surface area (Å²) < 4.78 is 1.81. The summed E-state index contributed by atoms with van der Waals surface area (Å²) in [5, 5.41) is 13.8. The highest BCUT2D eigenvalue weighted by Gasteiger charge is 2.42. The van der Waals surface area contributed by atoms with E-state index in [-0.39, 0.29) is 24.4 Å². The van der Waals surface area contributed by atoms with Gasteiger partial charge in [0.15, 0.2) is 0 Å². The second-order valence-electron chi connectivity index (χ2n) is 6.86. The lowest BCUT2D eigenvalue weighted by atomic mass is 9.87. The molecule has 0 radical (unpaired) electrons. The van der Waals surface area contributed by atoms with Crippen LogP contribution in [0.15, 0.2) is 54.2 Å². The molecule has 8 heteroatoms. The normalized spacial score (nSPS) is 16.8. The van der Waals surface area contributed by atoms with Crippen molar-refractivity contribution in [2.24, 2.45) is 0 Å². The van der Waals surface area contributed by atoms with Crippen molar-refractivity contribution in [2.45, 2.75) is 31.3 Å². The Morgan fingerprint density at radius 3 is 2.68 bits per heavy atom. The quantitative estimate of drug-likeness (QED) is 0.667. The number of carbonyl (C=O) groups excluding carboxylic acids is 1. The Hall–Kier alpha value is -2.22. The van der Waals surface area contributed by atoms with Crippen LogP contribution in [-0.4, -0.2) is 33.8 Å². The Bertz CT molecular complexity index is 890. The molecule has 1 amide bonds. The van der Waals surface area contributed by atoms with Crippen molar-refractivity contribution in [1.82, 2.24) is 25.4 Å². The smallest absolute Gasteiger partial charge is 0.248 e. The second-order valence-corrected chi connectivity index (χ2v) is 7.75. The SMILES string of the molecule is CC(NC(=O)C1(n2cccn2)CCNCC1)c1nc(-c2ccccc2)cs1.Cl. The Morgan fingerprint density at radius 2 is 2.00 bits per heavy atom. The van der Waals surface area contributed by atoms with E-state index in [9.17, 15) is 4.79 Å². The van der Waals surface area contributed by atoms with Gasteiger partial charge in [0.25, 0.3) is 0 Å². The van der Waals surface area contributed by atoms with Crippen LogP contribution in [0.2, 0.25) is 0 Å². The molecule has 0 spiro atoms. The minimum atomic E-state index is -0.636. The van der Waals surface area contributed by atoms with Crippen LogP contribution in [0.25, 0.3) is 11.3 Å².